The fourth-order valence-electron chi connectivity index (χ4n) is 2.71. The molecule has 1 fully saturated rings. The van der Waals surface area contributed by atoms with Gasteiger partial charge in [0, 0.05) is 7.05 Å². The quantitative estimate of drug-likeness (QED) is 0.164. The zero-order valence-electron chi connectivity index (χ0n) is 16.1. The summed E-state index contributed by atoms with van der Waals surface area (Å²) < 4.78 is 56.3. The Kier molecular flexibility index (Phi) is 8.07. The van der Waals surface area contributed by atoms with Crippen LogP contribution in [0.1, 0.15) is 11.7 Å². The number of aliphatic hydroxyl groups excluding tert-OH is 2. The number of aromatic nitrogens is 2. The molecule has 0 amide bonds. The highest BCUT2D eigenvalue weighted by atomic mass is 31.3. The molecule has 1 aromatic heterocycles. The highest BCUT2D eigenvalue weighted by molar-refractivity contribution is 7.66. The molecule has 0 aromatic carbocycles. The first kappa shape index (κ1) is 27.0. The molecule has 0 aliphatic carbocycles. The summed E-state index contributed by atoms with van der Waals surface area (Å²) in [7, 11) is -14.5. The molecule has 32 heavy (non-hydrogen) atoms. The maximum Gasteiger partial charge on any atom is 0.490 e. The molecule has 0 spiro atoms. The van der Waals surface area contributed by atoms with Gasteiger partial charge >= 0.3 is 29.2 Å². The second-order valence-electron chi connectivity index (χ2n) is 6.20. The van der Waals surface area contributed by atoms with Gasteiger partial charge in [0.25, 0.3) is 5.56 Å². The number of rotatable bonds is 9. The molecule has 2 unspecified atom stereocenters. The van der Waals surface area contributed by atoms with Crippen LogP contribution in [-0.2, 0) is 38.6 Å². The molecule has 1 saturated heterocycles. The van der Waals surface area contributed by atoms with Crippen molar-refractivity contribution >= 4 is 23.5 Å². The van der Waals surface area contributed by atoms with Gasteiger partial charge in [-0.25, -0.2) is 18.5 Å². The van der Waals surface area contributed by atoms with Crippen molar-refractivity contribution in [2.24, 2.45) is 7.05 Å². The fraction of sp³-hybridized carbons (Fsp3) is 0.636. The molecule has 1 aliphatic heterocycles. The minimum Gasteiger partial charge on any atom is -0.482 e. The lowest BCUT2D eigenvalue weighted by atomic mass is 10.0. The third-order valence-electron chi connectivity index (χ3n) is 3.96. The van der Waals surface area contributed by atoms with E-state index in [9.17, 15) is 38.4 Å². The largest absolute Gasteiger partial charge is 0.490 e. The van der Waals surface area contributed by atoms with Crippen LogP contribution >= 0.6 is 23.5 Å². The van der Waals surface area contributed by atoms with Crippen LogP contribution in [0, 0.1) is 0 Å². The lowest BCUT2D eigenvalue weighted by molar-refractivity contribution is -0.0235. The van der Waals surface area contributed by atoms with Gasteiger partial charge in [-0.15, -0.1) is 0 Å². The van der Waals surface area contributed by atoms with Gasteiger partial charge < -0.3 is 39.3 Å². The Hall–Kier alpha value is -1.23. The minimum atomic E-state index is -5.76. The molecule has 6 atom stereocenters. The molecule has 21 heteroatoms. The van der Waals surface area contributed by atoms with E-state index >= 15 is 0 Å². The van der Waals surface area contributed by atoms with Gasteiger partial charge in [-0.2, -0.15) is 8.62 Å². The zero-order chi connectivity index (χ0) is 24.6. The highest BCUT2D eigenvalue weighted by Crippen LogP contribution is 2.66. The Morgan fingerprint density at radius 3 is 2.16 bits per heavy atom. The number of methoxy groups -OCH3 is 1. The highest BCUT2D eigenvalue weighted by Gasteiger charge is 2.48. The zero-order valence-corrected chi connectivity index (χ0v) is 18.8. The van der Waals surface area contributed by atoms with Gasteiger partial charge in [-0.1, -0.05) is 0 Å². The van der Waals surface area contributed by atoms with Crippen molar-refractivity contribution < 1.29 is 66.1 Å². The van der Waals surface area contributed by atoms with E-state index in [1.165, 1.54) is 7.05 Å². The van der Waals surface area contributed by atoms with Crippen LogP contribution in [0.4, 0.5) is 0 Å². The van der Waals surface area contributed by atoms with Crippen molar-refractivity contribution in [3.05, 3.63) is 26.4 Å². The molecule has 7 N–H and O–H groups in total. The van der Waals surface area contributed by atoms with Crippen LogP contribution in [0.5, 0.6) is 5.88 Å². The summed E-state index contributed by atoms with van der Waals surface area (Å²) in [6, 6.07) is 0. The van der Waals surface area contributed by atoms with E-state index < -0.39 is 71.3 Å². The van der Waals surface area contributed by atoms with Crippen LogP contribution < -0.4 is 16.0 Å². The number of phosphoric ester groups is 1. The Morgan fingerprint density at radius 2 is 1.62 bits per heavy atom. The molecular weight excluding hydrogens is 509 g/mol. The predicted molar refractivity (Wildman–Crippen MR) is 98.3 cm³/mol. The number of hydrogen-bond acceptors (Lipinski definition) is 12. The molecule has 18 nitrogen and oxygen atoms in total. The first-order chi connectivity index (χ1) is 14.5. The smallest absolute Gasteiger partial charge is 0.482 e. The number of aliphatic hydroxyl groups is 2. The van der Waals surface area contributed by atoms with E-state index in [1.807, 2.05) is 4.98 Å². The Balaban J connectivity index is 2.19. The van der Waals surface area contributed by atoms with E-state index in [-0.39, 0.29) is 5.88 Å². The summed E-state index contributed by atoms with van der Waals surface area (Å²) in [4.78, 5) is 61.4. The lowest BCUT2D eigenvalue weighted by Gasteiger charge is -2.19. The molecule has 2 heterocycles. The van der Waals surface area contributed by atoms with Crippen LogP contribution in [-0.4, -0.2) is 71.4 Å². The Bertz CT molecular complexity index is 1110. The third kappa shape index (κ3) is 6.42. The summed E-state index contributed by atoms with van der Waals surface area (Å²) in [5.41, 5.74) is -2.27. The van der Waals surface area contributed by atoms with Crippen LogP contribution in [0.2, 0.25) is 0 Å². The van der Waals surface area contributed by atoms with E-state index in [1.54, 1.807) is 0 Å². The number of aromatic amines is 1. The molecule has 0 bridgehead atoms. The number of nitrogens with one attached hydrogen (secondary N) is 1. The van der Waals surface area contributed by atoms with Crippen LogP contribution in [0.25, 0.3) is 0 Å². The number of H-pyrrole nitrogens is 1. The van der Waals surface area contributed by atoms with Crippen molar-refractivity contribution in [3.63, 3.8) is 0 Å². The first-order valence-corrected chi connectivity index (χ1v) is 12.7. The SMILES string of the molecule is COc1c([C@@H]2O[C@H](COP(=O)(O)OP(=O)(O)OP(=O)(O)O)[C@@H](O)[C@H]2O)c(=O)[nH]c(=O)n1C. The maximum absolute atomic E-state index is 12.2. The predicted octanol–water partition coefficient (Wildman–Crippen LogP) is -2.41. The van der Waals surface area contributed by atoms with Crippen LogP contribution in [0.15, 0.2) is 9.59 Å². The van der Waals surface area contributed by atoms with Gasteiger partial charge in [0.05, 0.1) is 13.7 Å². The number of ether oxygens (including phenoxy) is 2. The van der Waals surface area contributed by atoms with Crippen molar-refractivity contribution in [2.45, 2.75) is 24.4 Å². The minimum absolute atomic E-state index is 0.316. The van der Waals surface area contributed by atoms with Gasteiger partial charge in [-0.3, -0.25) is 18.9 Å². The Morgan fingerprint density at radius 1 is 1.03 bits per heavy atom. The third-order valence-corrected chi connectivity index (χ3v) is 7.77. The van der Waals surface area contributed by atoms with E-state index in [0.717, 1.165) is 11.7 Å². The average Bonchev–Trinajstić information content (AvgIpc) is 2.88. The summed E-state index contributed by atoms with van der Waals surface area (Å²) >= 11 is 0. The Labute approximate surface area is 177 Å². The lowest BCUT2D eigenvalue weighted by Crippen LogP contribution is -2.36. The second-order valence-corrected chi connectivity index (χ2v) is 10.6. The summed E-state index contributed by atoms with van der Waals surface area (Å²) in [5, 5.41) is 20.4. The fourth-order valence-corrected chi connectivity index (χ4v) is 5.74. The first-order valence-electron chi connectivity index (χ1n) is 8.15. The van der Waals surface area contributed by atoms with Gasteiger partial charge in [0.1, 0.15) is 30.0 Å². The second kappa shape index (κ2) is 9.56. The van der Waals surface area contributed by atoms with E-state index in [0.29, 0.717) is 0 Å². The summed E-state index contributed by atoms with van der Waals surface area (Å²) in [5.74, 6) is -0.316. The normalized spacial score (nSPS) is 27.6. The molecule has 0 saturated carbocycles. The number of nitrogens with zero attached hydrogens (tertiary/aromatic N) is 1. The van der Waals surface area contributed by atoms with Crippen molar-refractivity contribution in [1.82, 2.24) is 9.55 Å². The van der Waals surface area contributed by atoms with Gasteiger partial charge in [-0.05, 0) is 0 Å². The van der Waals surface area contributed by atoms with E-state index in [4.69, 9.17) is 24.2 Å². The van der Waals surface area contributed by atoms with Gasteiger partial charge in [0.15, 0.2) is 0 Å². The monoisotopic (exact) mass is 528 g/mol. The standard InChI is InChI=1S/C11H19N2O16P3/c1-13-10(25-2)5(9(16)12-11(13)17)8-7(15)6(14)4(27-8)3-26-31(21,22)29-32(23,24)28-30(18,19)20/h4,6-8,14-15H,3H2,1-2H3,(H,21,22)(H,23,24)(H,12,16,17)(H2,18,19,20)/t4-,6-,7-,8+/m1/s1. The number of hydrogen-bond donors (Lipinski definition) is 7. The molecule has 2 rings (SSSR count). The van der Waals surface area contributed by atoms with Crippen LogP contribution in [0.3, 0.4) is 0 Å². The topological polar surface area (TPSA) is 274 Å². The molecular formula is C11H19N2O16P3. The van der Waals surface area contributed by atoms with Crippen molar-refractivity contribution in [2.75, 3.05) is 13.7 Å². The summed E-state index contributed by atoms with van der Waals surface area (Å²) in [6.07, 6.45) is -6.89. The summed E-state index contributed by atoms with van der Waals surface area (Å²) in [6.45, 7) is -1.08. The number of phosphoric acid groups is 3. The maximum atomic E-state index is 12.2. The molecule has 1 aromatic rings. The van der Waals surface area contributed by atoms with E-state index in [2.05, 4.69) is 13.1 Å². The van der Waals surface area contributed by atoms with Crippen molar-refractivity contribution in [3.8, 4) is 5.88 Å². The average molecular weight is 528 g/mol. The van der Waals surface area contributed by atoms with Crippen molar-refractivity contribution in [1.29, 1.82) is 0 Å². The van der Waals surface area contributed by atoms with Gasteiger partial charge in [0.2, 0.25) is 5.88 Å². The molecule has 184 valence electrons. The molecule has 1 aliphatic rings. The molecule has 0 radical (unpaired) electrons.